The summed E-state index contributed by atoms with van der Waals surface area (Å²) >= 11 is 0. The van der Waals surface area contributed by atoms with Gasteiger partial charge in [0, 0.05) is 18.2 Å². The summed E-state index contributed by atoms with van der Waals surface area (Å²) in [6, 6.07) is 0.367. The van der Waals surface area contributed by atoms with Gasteiger partial charge in [0.2, 0.25) is 0 Å². The molecular formula is C8H15NO. The first-order chi connectivity index (χ1) is 4.52. The third-order valence-electron chi connectivity index (χ3n) is 0.955. The maximum Gasteiger partial charge on any atom is 0.135 e. The number of ketones is 1. The summed E-state index contributed by atoms with van der Waals surface area (Å²) in [5, 5.41) is 3.06. The van der Waals surface area contributed by atoms with Gasteiger partial charge < -0.3 is 5.32 Å². The quantitative estimate of drug-likeness (QED) is 0.642. The fourth-order valence-electron chi connectivity index (χ4n) is 0.760. The minimum atomic E-state index is 0.151. The molecule has 0 aromatic rings. The average molecular weight is 141 g/mol. The van der Waals surface area contributed by atoms with E-state index in [-0.39, 0.29) is 5.78 Å². The molecular weight excluding hydrogens is 126 g/mol. The molecule has 0 radical (unpaired) electrons. The van der Waals surface area contributed by atoms with Gasteiger partial charge in [-0.05, 0) is 20.8 Å². The first-order valence-electron chi connectivity index (χ1n) is 3.46. The molecule has 0 unspecified atom stereocenters. The van der Waals surface area contributed by atoms with Gasteiger partial charge in [-0.15, -0.1) is 0 Å². The molecule has 0 fully saturated rings. The van der Waals surface area contributed by atoms with Crippen molar-refractivity contribution in [3.8, 4) is 0 Å². The number of allylic oxidation sites excluding steroid dienone is 1. The fourth-order valence-corrected chi connectivity index (χ4v) is 0.760. The Balaban J connectivity index is 3.54. The number of rotatable bonds is 4. The molecule has 0 saturated carbocycles. The lowest BCUT2D eigenvalue weighted by molar-refractivity contribution is -0.116. The van der Waals surface area contributed by atoms with Crippen molar-refractivity contribution in [2.45, 2.75) is 33.2 Å². The van der Waals surface area contributed by atoms with E-state index in [1.165, 1.54) is 0 Å². The third-order valence-corrected chi connectivity index (χ3v) is 0.955. The number of Topliss-reactive ketones (excluding diaryl/α,β-unsaturated/α-hetero) is 1. The molecule has 0 aliphatic rings. The number of carbonyl (C=O) groups excluding carboxylic acids is 1. The Labute approximate surface area is 62.3 Å². The van der Waals surface area contributed by atoms with Crippen molar-refractivity contribution in [3.05, 3.63) is 12.3 Å². The van der Waals surface area contributed by atoms with Crippen LogP contribution in [0.4, 0.5) is 0 Å². The molecule has 10 heavy (non-hydrogen) atoms. The van der Waals surface area contributed by atoms with Crippen molar-refractivity contribution >= 4 is 5.78 Å². The van der Waals surface area contributed by atoms with Crippen LogP contribution in [0.5, 0.6) is 0 Å². The lowest BCUT2D eigenvalue weighted by Gasteiger charge is -2.10. The minimum absolute atomic E-state index is 0.151. The summed E-state index contributed by atoms with van der Waals surface area (Å²) in [6.45, 7) is 9.30. The maximum absolute atomic E-state index is 10.5. The Morgan fingerprint density at radius 3 is 2.40 bits per heavy atom. The molecule has 0 aliphatic carbocycles. The van der Waals surface area contributed by atoms with E-state index in [1.807, 2.05) is 13.8 Å². The normalized spacial score (nSPS) is 9.60. The van der Waals surface area contributed by atoms with E-state index in [1.54, 1.807) is 6.92 Å². The molecule has 2 heteroatoms. The summed E-state index contributed by atoms with van der Waals surface area (Å²) in [5.74, 6) is 0.151. The highest BCUT2D eigenvalue weighted by Gasteiger charge is 1.98. The van der Waals surface area contributed by atoms with Gasteiger partial charge >= 0.3 is 0 Å². The molecule has 58 valence electrons. The van der Waals surface area contributed by atoms with Gasteiger partial charge in [-0.2, -0.15) is 0 Å². The Bertz CT molecular complexity index is 138. The third kappa shape index (κ3) is 5.35. The molecule has 2 nitrogen and oxygen atoms in total. The molecule has 0 heterocycles. The van der Waals surface area contributed by atoms with Gasteiger partial charge in [0.1, 0.15) is 5.78 Å². The van der Waals surface area contributed by atoms with Crippen LogP contribution in [-0.2, 0) is 4.79 Å². The van der Waals surface area contributed by atoms with E-state index in [2.05, 4.69) is 11.9 Å². The van der Waals surface area contributed by atoms with Crippen LogP contribution in [0.2, 0.25) is 0 Å². The summed E-state index contributed by atoms with van der Waals surface area (Å²) in [4.78, 5) is 10.5. The predicted molar refractivity (Wildman–Crippen MR) is 42.7 cm³/mol. The van der Waals surface area contributed by atoms with Crippen LogP contribution in [0.3, 0.4) is 0 Å². The maximum atomic E-state index is 10.5. The van der Waals surface area contributed by atoms with Crippen LogP contribution in [0.25, 0.3) is 0 Å². The highest BCUT2D eigenvalue weighted by molar-refractivity contribution is 5.77. The van der Waals surface area contributed by atoms with Crippen molar-refractivity contribution in [1.29, 1.82) is 0 Å². The van der Waals surface area contributed by atoms with Crippen LogP contribution in [0.15, 0.2) is 12.3 Å². The van der Waals surface area contributed by atoms with Crippen molar-refractivity contribution < 1.29 is 4.79 Å². The van der Waals surface area contributed by atoms with Gasteiger partial charge in [0.05, 0.1) is 0 Å². The van der Waals surface area contributed by atoms with Gasteiger partial charge in [0.15, 0.2) is 0 Å². The van der Waals surface area contributed by atoms with Gasteiger partial charge in [-0.3, -0.25) is 4.79 Å². The van der Waals surface area contributed by atoms with E-state index in [9.17, 15) is 4.79 Å². The molecule has 0 bridgehead atoms. The summed E-state index contributed by atoms with van der Waals surface area (Å²) in [6.07, 6.45) is 0.443. The first-order valence-corrected chi connectivity index (χ1v) is 3.46. The lowest BCUT2D eigenvalue weighted by atomic mass is 10.2. The second-order valence-corrected chi connectivity index (χ2v) is 2.78. The highest BCUT2D eigenvalue weighted by atomic mass is 16.1. The van der Waals surface area contributed by atoms with E-state index in [4.69, 9.17) is 0 Å². The second-order valence-electron chi connectivity index (χ2n) is 2.78. The SMILES string of the molecule is C=C(CC(C)=O)NC(C)C. The van der Waals surface area contributed by atoms with E-state index in [0.717, 1.165) is 5.70 Å². The number of nitrogens with one attached hydrogen (secondary N) is 1. The van der Waals surface area contributed by atoms with Crippen molar-refractivity contribution in [2.75, 3.05) is 0 Å². The molecule has 0 amide bonds. The molecule has 0 atom stereocenters. The fraction of sp³-hybridized carbons (Fsp3) is 0.625. The topological polar surface area (TPSA) is 29.1 Å². The van der Waals surface area contributed by atoms with Crippen LogP contribution in [0.1, 0.15) is 27.2 Å². The van der Waals surface area contributed by atoms with Gasteiger partial charge in [0.25, 0.3) is 0 Å². The summed E-state index contributed by atoms with van der Waals surface area (Å²) in [7, 11) is 0. The second kappa shape index (κ2) is 4.09. The summed E-state index contributed by atoms with van der Waals surface area (Å²) < 4.78 is 0. The first kappa shape index (κ1) is 9.21. The Morgan fingerprint density at radius 1 is 1.60 bits per heavy atom. The zero-order chi connectivity index (χ0) is 8.15. The largest absolute Gasteiger partial charge is 0.386 e. The lowest BCUT2D eigenvalue weighted by Crippen LogP contribution is -2.22. The molecule has 0 aromatic heterocycles. The number of hydrogen-bond donors (Lipinski definition) is 1. The predicted octanol–water partition coefficient (Wildman–Crippen LogP) is 1.48. The number of hydrogen-bond acceptors (Lipinski definition) is 2. The minimum Gasteiger partial charge on any atom is -0.386 e. The van der Waals surface area contributed by atoms with E-state index < -0.39 is 0 Å². The molecule has 0 aromatic carbocycles. The van der Waals surface area contributed by atoms with Crippen molar-refractivity contribution in [3.63, 3.8) is 0 Å². The van der Waals surface area contributed by atoms with Crippen LogP contribution in [0, 0.1) is 0 Å². The molecule has 1 N–H and O–H groups in total. The van der Waals surface area contributed by atoms with Crippen molar-refractivity contribution in [1.82, 2.24) is 5.32 Å². The molecule has 0 rings (SSSR count). The van der Waals surface area contributed by atoms with Gasteiger partial charge in [-0.1, -0.05) is 6.58 Å². The van der Waals surface area contributed by atoms with Crippen LogP contribution in [-0.4, -0.2) is 11.8 Å². The zero-order valence-corrected chi connectivity index (χ0v) is 6.90. The monoisotopic (exact) mass is 141 g/mol. The zero-order valence-electron chi connectivity index (χ0n) is 6.90. The molecule has 0 saturated heterocycles. The van der Waals surface area contributed by atoms with Crippen LogP contribution < -0.4 is 5.32 Å². The highest BCUT2D eigenvalue weighted by Crippen LogP contribution is 1.95. The number of carbonyl (C=O) groups is 1. The Morgan fingerprint density at radius 2 is 2.10 bits per heavy atom. The smallest absolute Gasteiger partial charge is 0.135 e. The Kier molecular flexibility index (Phi) is 3.77. The standard InChI is InChI=1S/C8H15NO/c1-6(2)9-7(3)5-8(4)10/h6,9H,3,5H2,1-2,4H3. The molecule has 0 aliphatic heterocycles. The van der Waals surface area contributed by atoms with E-state index >= 15 is 0 Å². The van der Waals surface area contributed by atoms with Crippen LogP contribution >= 0.6 is 0 Å². The average Bonchev–Trinajstić information content (AvgIpc) is 1.58. The van der Waals surface area contributed by atoms with Crippen molar-refractivity contribution in [2.24, 2.45) is 0 Å². The van der Waals surface area contributed by atoms with E-state index in [0.29, 0.717) is 12.5 Å². The van der Waals surface area contributed by atoms with Gasteiger partial charge in [-0.25, -0.2) is 0 Å². The summed E-state index contributed by atoms with van der Waals surface area (Å²) in [5.41, 5.74) is 0.808. The Hall–Kier alpha value is -0.790. The molecule has 0 spiro atoms.